The van der Waals surface area contributed by atoms with Crippen molar-refractivity contribution in [3.8, 4) is 5.75 Å². The van der Waals surface area contributed by atoms with Crippen molar-refractivity contribution in [3.63, 3.8) is 0 Å². The van der Waals surface area contributed by atoms with E-state index in [1.807, 2.05) is 35.6 Å². The van der Waals surface area contributed by atoms with Crippen LogP contribution in [-0.2, 0) is 11.2 Å². The molecule has 1 aliphatic heterocycles. The number of carboxylic acids is 1. The van der Waals surface area contributed by atoms with Crippen LogP contribution in [0, 0.1) is 18.8 Å². The Morgan fingerprint density at radius 1 is 1.22 bits per heavy atom. The van der Waals surface area contributed by atoms with Crippen LogP contribution in [0.1, 0.15) is 67.1 Å². The molecule has 4 rings (SSSR count). The molecular formula is C30H40N2O4S. The highest BCUT2D eigenvalue weighted by Crippen LogP contribution is 2.35. The predicted molar refractivity (Wildman–Crippen MR) is 149 cm³/mol. The molecule has 0 saturated carbocycles. The highest BCUT2D eigenvalue weighted by atomic mass is 32.1. The van der Waals surface area contributed by atoms with E-state index in [0.717, 1.165) is 61.1 Å². The molecule has 0 spiro atoms. The van der Waals surface area contributed by atoms with Gasteiger partial charge >= 0.3 is 5.97 Å². The van der Waals surface area contributed by atoms with Crippen molar-refractivity contribution >= 4 is 28.2 Å². The molecule has 0 bridgehead atoms. The molecule has 2 aromatic heterocycles. The van der Waals surface area contributed by atoms with Gasteiger partial charge in [0.1, 0.15) is 5.75 Å². The number of benzene rings is 1. The number of carbonyl (C=O) groups is 1. The number of likely N-dealkylation sites (tertiary alicyclic amines) is 1. The third-order valence-electron chi connectivity index (χ3n) is 7.95. The van der Waals surface area contributed by atoms with E-state index in [2.05, 4.69) is 28.3 Å². The molecule has 0 amide bonds. The number of aliphatic carboxylic acids is 1. The standard InChI is InChI=1S/C30H40N2O4S/c1-21-14-18-37-29(21)5-3-4-16-32-17-13-22(23(20-32)7-11-30(34)35)6-10-28(33)25-12-15-31-27-9-8-24(36-2)19-26(25)27/h8-9,12,14-15,18-19,22-23,28,33H,3-7,10-11,13,16-17,20H2,1-2H3,(H,34,35)/t22-,23-,28-/m1/s1. The molecule has 2 N–H and O–H groups in total. The van der Waals surface area contributed by atoms with Gasteiger partial charge in [0.05, 0.1) is 18.7 Å². The molecule has 3 heterocycles. The molecular weight excluding hydrogens is 484 g/mol. The summed E-state index contributed by atoms with van der Waals surface area (Å²) in [6.07, 6.45) is 8.21. The third kappa shape index (κ3) is 7.53. The Morgan fingerprint density at radius 2 is 2.08 bits per heavy atom. The second-order valence-corrected chi connectivity index (χ2v) is 11.4. The number of unbranched alkanes of at least 4 members (excludes halogenated alkanes) is 1. The summed E-state index contributed by atoms with van der Waals surface area (Å²) >= 11 is 1.85. The minimum Gasteiger partial charge on any atom is -0.497 e. The lowest BCUT2D eigenvalue weighted by Gasteiger charge is -2.39. The van der Waals surface area contributed by atoms with Crippen LogP contribution in [0.4, 0.5) is 0 Å². The second-order valence-electron chi connectivity index (χ2n) is 10.4. The fourth-order valence-electron chi connectivity index (χ4n) is 5.75. The normalized spacial score (nSPS) is 19.2. The van der Waals surface area contributed by atoms with E-state index in [4.69, 9.17) is 4.74 Å². The maximum absolute atomic E-state index is 11.3. The van der Waals surface area contributed by atoms with Crippen molar-refractivity contribution in [2.24, 2.45) is 11.8 Å². The van der Waals surface area contributed by atoms with Crippen LogP contribution < -0.4 is 4.74 Å². The third-order valence-corrected chi connectivity index (χ3v) is 9.04. The first-order valence-corrected chi connectivity index (χ1v) is 14.4. The van der Waals surface area contributed by atoms with Crippen molar-refractivity contribution in [1.29, 1.82) is 0 Å². The van der Waals surface area contributed by atoms with Gasteiger partial charge in [0.2, 0.25) is 0 Å². The number of thiophene rings is 1. The molecule has 200 valence electrons. The Bertz CT molecular complexity index is 1160. The number of pyridine rings is 1. The van der Waals surface area contributed by atoms with E-state index in [9.17, 15) is 15.0 Å². The van der Waals surface area contributed by atoms with Crippen molar-refractivity contribution in [2.75, 3.05) is 26.7 Å². The predicted octanol–water partition coefficient (Wildman–Crippen LogP) is 6.25. The molecule has 1 fully saturated rings. The van der Waals surface area contributed by atoms with Crippen molar-refractivity contribution in [2.45, 2.75) is 64.4 Å². The van der Waals surface area contributed by atoms with Gasteiger partial charge in [-0.25, -0.2) is 0 Å². The minimum absolute atomic E-state index is 0.212. The number of aromatic nitrogens is 1. The molecule has 7 heteroatoms. The fourth-order valence-corrected chi connectivity index (χ4v) is 6.70. The number of aryl methyl sites for hydroxylation is 2. The van der Waals surface area contributed by atoms with Crippen LogP contribution in [0.5, 0.6) is 5.75 Å². The van der Waals surface area contributed by atoms with Crippen LogP contribution in [0.3, 0.4) is 0 Å². The number of hydrogen-bond donors (Lipinski definition) is 2. The summed E-state index contributed by atoms with van der Waals surface area (Å²) in [5.74, 6) is 0.813. The molecule has 1 aromatic carbocycles. The molecule has 3 atom stereocenters. The van der Waals surface area contributed by atoms with Crippen molar-refractivity contribution in [3.05, 3.63) is 57.9 Å². The van der Waals surface area contributed by atoms with Crippen molar-refractivity contribution in [1.82, 2.24) is 9.88 Å². The number of piperidine rings is 1. The zero-order valence-corrected chi connectivity index (χ0v) is 22.9. The summed E-state index contributed by atoms with van der Waals surface area (Å²) in [7, 11) is 1.64. The van der Waals surface area contributed by atoms with E-state index >= 15 is 0 Å². The number of methoxy groups -OCH3 is 1. The molecule has 6 nitrogen and oxygen atoms in total. The van der Waals surface area contributed by atoms with E-state index in [1.54, 1.807) is 13.3 Å². The number of hydrogen-bond acceptors (Lipinski definition) is 6. The molecule has 0 radical (unpaired) electrons. The van der Waals surface area contributed by atoms with Crippen molar-refractivity contribution < 1.29 is 19.7 Å². The van der Waals surface area contributed by atoms with Gasteiger partial charge in [0.25, 0.3) is 0 Å². The van der Waals surface area contributed by atoms with Crippen LogP contribution in [0.15, 0.2) is 41.9 Å². The van der Waals surface area contributed by atoms with Crippen LogP contribution in [0.2, 0.25) is 0 Å². The lowest BCUT2D eigenvalue weighted by atomic mass is 9.79. The summed E-state index contributed by atoms with van der Waals surface area (Å²) in [6, 6.07) is 9.84. The van der Waals surface area contributed by atoms with E-state index in [1.165, 1.54) is 23.3 Å². The Labute approximate surface area is 224 Å². The molecule has 1 saturated heterocycles. The molecule has 0 aliphatic carbocycles. The van der Waals surface area contributed by atoms with Crippen LogP contribution in [0.25, 0.3) is 10.9 Å². The van der Waals surface area contributed by atoms with Crippen LogP contribution in [-0.4, -0.2) is 52.8 Å². The Balaban J connectivity index is 1.32. The number of nitrogens with zero attached hydrogens (tertiary/aromatic N) is 2. The average Bonchev–Trinajstić information content (AvgIpc) is 3.32. The summed E-state index contributed by atoms with van der Waals surface area (Å²) in [6.45, 7) is 5.28. The number of carboxylic acid groups (broad SMARTS) is 1. The fraction of sp³-hybridized carbons (Fsp3) is 0.533. The van der Waals surface area contributed by atoms with Crippen LogP contribution >= 0.6 is 11.3 Å². The van der Waals surface area contributed by atoms with Gasteiger partial charge in [-0.1, -0.05) is 0 Å². The highest BCUT2D eigenvalue weighted by Gasteiger charge is 2.30. The molecule has 0 unspecified atom stereocenters. The van der Waals surface area contributed by atoms with E-state index in [-0.39, 0.29) is 6.42 Å². The number of aliphatic hydroxyl groups excluding tert-OH is 1. The van der Waals surface area contributed by atoms with Gasteiger partial charge in [-0.05, 0) is 124 Å². The second kappa shape index (κ2) is 13.4. The highest BCUT2D eigenvalue weighted by molar-refractivity contribution is 7.10. The Hall–Kier alpha value is -2.48. The van der Waals surface area contributed by atoms with Gasteiger partial charge in [0.15, 0.2) is 0 Å². The van der Waals surface area contributed by atoms with Gasteiger partial charge < -0.3 is 19.8 Å². The summed E-state index contributed by atoms with van der Waals surface area (Å²) in [5, 5.41) is 23.6. The zero-order valence-electron chi connectivity index (χ0n) is 22.1. The SMILES string of the molecule is COc1ccc2nccc([C@H](O)CC[C@@H]3CCN(CCCCc4sccc4C)C[C@H]3CCC(=O)O)c2c1. The maximum Gasteiger partial charge on any atom is 0.303 e. The first kappa shape index (κ1) is 27.6. The van der Waals surface area contributed by atoms with E-state index in [0.29, 0.717) is 24.7 Å². The number of aliphatic hydroxyl groups is 1. The zero-order chi connectivity index (χ0) is 26.2. The summed E-state index contributed by atoms with van der Waals surface area (Å²) < 4.78 is 5.38. The Kier molecular flexibility index (Phi) is 9.95. The van der Waals surface area contributed by atoms with Gasteiger partial charge in [-0.15, -0.1) is 11.3 Å². The molecule has 37 heavy (non-hydrogen) atoms. The van der Waals surface area contributed by atoms with E-state index < -0.39 is 12.1 Å². The average molecular weight is 525 g/mol. The smallest absolute Gasteiger partial charge is 0.303 e. The first-order valence-electron chi connectivity index (χ1n) is 13.5. The van der Waals surface area contributed by atoms with Gasteiger partial charge in [-0.3, -0.25) is 9.78 Å². The lowest BCUT2D eigenvalue weighted by molar-refractivity contribution is -0.137. The Morgan fingerprint density at radius 3 is 2.84 bits per heavy atom. The summed E-state index contributed by atoms with van der Waals surface area (Å²) in [4.78, 5) is 19.8. The molecule has 1 aliphatic rings. The first-order chi connectivity index (χ1) is 17.9. The largest absolute Gasteiger partial charge is 0.497 e. The van der Waals surface area contributed by atoms with Gasteiger partial charge in [-0.2, -0.15) is 0 Å². The van der Waals surface area contributed by atoms with Gasteiger partial charge in [0, 0.05) is 29.4 Å². The maximum atomic E-state index is 11.3. The minimum atomic E-state index is -0.723. The molecule has 3 aromatic rings. The summed E-state index contributed by atoms with van der Waals surface area (Å²) in [5.41, 5.74) is 3.13. The number of fused-ring (bicyclic) bond motifs is 1. The monoisotopic (exact) mass is 524 g/mol. The number of ether oxygens (including phenoxy) is 1. The topological polar surface area (TPSA) is 82.9 Å². The lowest BCUT2D eigenvalue weighted by Crippen LogP contribution is -2.41. The quantitative estimate of drug-likeness (QED) is 0.257. The number of rotatable bonds is 13.